The average molecular weight is 1080 g/mol. The van der Waals surface area contributed by atoms with E-state index in [-0.39, 0.29) is 37.5 Å². The molecule has 446 valence electrons. The number of hydrogen-bond donors (Lipinski definition) is 0. The van der Waals surface area contributed by atoms with E-state index in [4.69, 9.17) is 14.2 Å². The Kier molecular flexibility index (Phi) is 62.7. The van der Waals surface area contributed by atoms with Gasteiger partial charge in [0, 0.05) is 19.3 Å². The summed E-state index contributed by atoms with van der Waals surface area (Å²) in [5.41, 5.74) is 0. The van der Waals surface area contributed by atoms with Crippen molar-refractivity contribution in [3.05, 3.63) is 72.9 Å². The molecule has 77 heavy (non-hydrogen) atoms. The largest absolute Gasteiger partial charge is 0.462 e. The van der Waals surface area contributed by atoms with E-state index in [1.54, 1.807) is 0 Å². The predicted octanol–water partition coefficient (Wildman–Crippen LogP) is 22.9. The number of carbonyl (C=O) groups excluding carboxylic acids is 3. The molecule has 6 heteroatoms. The molecule has 1 atom stereocenters. The molecule has 0 aromatic carbocycles. The predicted molar refractivity (Wildman–Crippen MR) is 335 cm³/mol. The van der Waals surface area contributed by atoms with Crippen molar-refractivity contribution in [2.75, 3.05) is 13.2 Å². The molecule has 0 heterocycles. The second-order valence-electron chi connectivity index (χ2n) is 22.4. The Bertz CT molecular complexity index is 1420. The van der Waals surface area contributed by atoms with Crippen molar-refractivity contribution >= 4 is 17.9 Å². The molecule has 0 amide bonds. The fraction of sp³-hybridized carbons (Fsp3) is 0.789. The molecule has 0 spiro atoms. The van der Waals surface area contributed by atoms with Gasteiger partial charge in [-0.15, -0.1) is 0 Å². The highest BCUT2D eigenvalue weighted by Crippen LogP contribution is 2.18. The lowest BCUT2D eigenvalue weighted by Gasteiger charge is -2.18. The molecule has 0 fully saturated rings. The van der Waals surface area contributed by atoms with Gasteiger partial charge < -0.3 is 14.2 Å². The first kappa shape index (κ1) is 73.8. The highest BCUT2D eigenvalue weighted by atomic mass is 16.6. The Morgan fingerprint density at radius 1 is 0.273 bits per heavy atom. The molecule has 0 N–H and O–H groups in total. The highest BCUT2D eigenvalue weighted by Gasteiger charge is 2.19. The van der Waals surface area contributed by atoms with Crippen LogP contribution < -0.4 is 0 Å². The van der Waals surface area contributed by atoms with Crippen LogP contribution in [0.1, 0.15) is 342 Å². The van der Waals surface area contributed by atoms with E-state index >= 15 is 0 Å². The Morgan fingerprint density at radius 2 is 0.506 bits per heavy atom. The molecule has 0 radical (unpaired) electrons. The van der Waals surface area contributed by atoms with Crippen molar-refractivity contribution in [1.82, 2.24) is 0 Å². The van der Waals surface area contributed by atoms with Gasteiger partial charge in [0.1, 0.15) is 13.2 Å². The number of rotatable bonds is 61. The van der Waals surface area contributed by atoms with Crippen LogP contribution in [0, 0.1) is 0 Å². The van der Waals surface area contributed by atoms with Gasteiger partial charge in [-0.2, -0.15) is 0 Å². The van der Waals surface area contributed by atoms with E-state index in [0.29, 0.717) is 19.3 Å². The molecule has 0 saturated carbocycles. The third-order valence-corrected chi connectivity index (χ3v) is 14.7. The summed E-state index contributed by atoms with van der Waals surface area (Å²) in [5.74, 6) is -0.978. The number of unbranched alkanes of at least 4 members (excludes halogenated alkanes) is 38. The third kappa shape index (κ3) is 63.6. The quantitative estimate of drug-likeness (QED) is 0.0261. The molecule has 1 unspecified atom stereocenters. The first-order valence-electron chi connectivity index (χ1n) is 33.4. The number of allylic oxidation sites excluding steroid dienone is 12. The third-order valence-electron chi connectivity index (χ3n) is 14.7. The maximum absolute atomic E-state index is 12.8. The lowest BCUT2D eigenvalue weighted by atomic mass is 10.0. The maximum atomic E-state index is 12.8. The summed E-state index contributed by atoms with van der Waals surface area (Å²) >= 11 is 0. The van der Waals surface area contributed by atoms with E-state index in [0.717, 1.165) is 77.0 Å². The minimum absolute atomic E-state index is 0.102. The molecule has 0 aliphatic heterocycles. The smallest absolute Gasteiger partial charge is 0.306 e. The van der Waals surface area contributed by atoms with Gasteiger partial charge in [-0.25, -0.2) is 0 Å². The molecular weight excluding hydrogens is 949 g/mol. The van der Waals surface area contributed by atoms with Gasteiger partial charge in [0.2, 0.25) is 0 Å². The Labute approximate surface area is 478 Å². The van der Waals surface area contributed by atoms with Crippen LogP contribution in [0.5, 0.6) is 0 Å². The van der Waals surface area contributed by atoms with Crippen LogP contribution >= 0.6 is 0 Å². The summed E-state index contributed by atoms with van der Waals surface area (Å²) in [6.45, 7) is 6.47. The first-order valence-corrected chi connectivity index (χ1v) is 33.4. The molecule has 0 aliphatic carbocycles. The van der Waals surface area contributed by atoms with Crippen molar-refractivity contribution < 1.29 is 28.6 Å². The van der Waals surface area contributed by atoms with Crippen LogP contribution in [0.3, 0.4) is 0 Å². The molecule has 0 saturated heterocycles. The van der Waals surface area contributed by atoms with Crippen molar-refractivity contribution in [1.29, 1.82) is 0 Å². The summed E-state index contributed by atoms with van der Waals surface area (Å²) in [4.78, 5) is 38.1. The van der Waals surface area contributed by atoms with E-state index in [2.05, 4.69) is 87.6 Å². The maximum Gasteiger partial charge on any atom is 0.306 e. The minimum atomic E-state index is -0.813. The SMILES string of the molecule is CC/C=C\C/C=C\C/C=C\C/C=C\C/C=C\C/C=C\CCC(=O)OC(COC(=O)CCCCCCCCCC)COC(=O)CCCCCCCCCCCCCCCCCCCCCCCCCCCCCCCCCC. The summed E-state index contributed by atoms with van der Waals surface area (Å²) in [6, 6.07) is 0. The van der Waals surface area contributed by atoms with Gasteiger partial charge in [-0.05, 0) is 57.8 Å². The van der Waals surface area contributed by atoms with Gasteiger partial charge in [-0.3, -0.25) is 14.4 Å². The molecule has 0 rings (SSSR count). The van der Waals surface area contributed by atoms with Crippen LogP contribution in [0.2, 0.25) is 0 Å². The second-order valence-corrected chi connectivity index (χ2v) is 22.4. The van der Waals surface area contributed by atoms with Crippen molar-refractivity contribution in [2.45, 2.75) is 348 Å². The van der Waals surface area contributed by atoms with Gasteiger partial charge in [0.25, 0.3) is 0 Å². The first-order chi connectivity index (χ1) is 38.0. The average Bonchev–Trinajstić information content (AvgIpc) is 3.43. The van der Waals surface area contributed by atoms with E-state index in [1.807, 2.05) is 6.08 Å². The van der Waals surface area contributed by atoms with Gasteiger partial charge >= 0.3 is 17.9 Å². The Balaban J connectivity index is 4.09. The summed E-state index contributed by atoms with van der Waals surface area (Å²) in [7, 11) is 0. The Morgan fingerprint density at radius 3 is 0.766 bits per heavy atom. The van der Waals surface area contributed by atoms with E-state index in [9.17, 15) is 14.4 Å². The summed E-state index contributed by atoms with van der Waals surface area (Å²) in [6.07, 6.45) is 85.5. The normalized spacial score (nSPS) is 12.5. The fourth-order valence-corrected chi connectivity index (χ4v) is 9.77. The van der Waals surface area contributed by atoms with Crippen LogP contribution in [0.25, 0.3) is 0 Å². The zero-order valence-electron chi connectivity index (χ0n) is 51.2. The lowest BCUT2D eigenvalue weighted by Crippen LogP contribution is -2.30. The van der Waals surface area contributed by atoms with Crippen LogP contribution in [0.4, 0.5) is 0 Å². The van der Waals surface area contributed by atoms with Crippen LogP contribution in [0.15, 0.2) is 72.9 Å². The molecule has 0 aromatic rings. The van der Waals surface area contributed by atoms with E-state index in [1.165, 1.54) is 218 Å². The standard InChI is InChI=1S/C71H126O6/c1-4-7-10-13-16-19-21-23-25-27-29-30-31-32-33-34-35-36-37-38-39-40-41-43-44-46-48-50-52-55-58-61-64-70(73)76-67-68(66-75-69(72)63-60-57-54-18-15-12-9-6-3)77-71(74)65-62-59-56-53-51-49-47-45-42-28-26-24-22-20-17-14-11-8-5-2/h8,11,17,20,24,26,42,45,49,51,56,59,68H,4-7,9-10,12-16,18-19,21-23,25,27-41,43-44,46-48,50,52-55,57-58,60-67H2,1-3H3/b11-8-,20-17-,26-24-,45-42-,51-49-,59-56-. The summed E-state index contributed by atoms with van der Waals surface area (Å²) < 4.78 is 16.8. The molecule has 0 aromatic heterocycles. The van der Waals surface area contributed by atoms with Crippen LogP contribution in [-0.4, -0.2) is 37.2 Å². The number of esters is 3. The molecular formula is C71H126O6. The summed E-state index contributed by atoms with van der Waals surface area (Å²) in [5, 5.41) is 0. The van der Waals surface area contributed by atoms with Crippen molar-refractivity contribution in [2.24, 2.45) is 0 Å². The molecule has 6 nitrogen and oxygen atoms in total. The monoisotopic (exact) mass is 1070 g/mol. The van der Waals surface area contributed by atoms with Gasteiger partial charge in [-0.1, -0.05) is 338 Å². The second kappa shape index (κ2) is 65.4. The van der Waals surface area contributed by atoms with Crippen molar-refractivity contribution in [3.8, 4) is 0 Å². The zero-order chi connectivity index (χ0) is 55.7. The lowest BCUT2D eigenvalue weighted by molar-refractivity contribution is -0.166. The Hall–Kier alpha value is -3.15. The number of carbonyl (C=O) groups is 3. The molecule has 0 aliphatic rings. The van der Waals surface area contributed by atoms with Crippen molar-refractivity contribution in [3.63, 3.8) is 0 Å². The topological polar surface area (TPSA) is 78.9 Å². The van der Waals surface area contributed by atoms with E-state index < -0.39 is 6.10 Å². The highest BCUT2D eigenvalue weighted by molar-refractivity contribution is 5.71. The number of hydrogen-bond acceptors (Lipinski definition) is 6. The van der Waals surface area contributed by atoms with Gasteiger partial charge in [0.05, 0.1) is 0 Å². The fourth-order valence-electron chi connectivity index (χ4n) is 9.77. The van der Waals surface area contributed by atoms with Gasteiger partial charge in [0.15, 0.2) is 6.10 Å². The number of ether oxygens (including phenoxy) is 3. The minimum Gasteiger partial charge on any atom is -0.462 e. The molecule has 0 bridgehead atoms. The zero-order valence-corrected chi connectivity index (χ0v) is 51.2. The van der Waals surface area contributed by atoms with Crippen LogP contribution in [-0.2, 0) is 28.6 Å².